The summed E-state index contributed by atoms with van der Waals surface area (Å²) in [6.45, 7) is 20.5. The van der Waals surface area contributed by atoms with Gasteiger partial charge in [-0.25, -0.2) is 0 Å². The van der Waals surface area contributed by atoms with E-state index in [9.17, 15) is 0 Å². The Morgan fingerprint density at radius 1 is 0.920 bits per heavy atom. The number of rotatable bonds is 10. The van der Waals surface area contributed by atoms with Crippen LogP contribution >= 0.6 is 0 Å². The number of allylic oxidation sites excluding steroid dienone is 1. The maximum atomic E-state index is 6.66. The van der Waals surface area contributed by atoms with Crippen LogP contribution in [0.2, 0.25) is 26.2 Å². The van der Waals surface area contributed by atoms with Gasteiger partial charge in [-0.1, -0.05) is 53.0 Å². The molecule has 0 saturated carbocycles. The first-order chi connectivity index (χ1) is 11.6. The smallest absolute Gasteiger partial charge is 0.409 e. The Kier molecular flexibility index (Phi) is 8.20. The Hall–Kier alpha value is -0.812. The van der Waals surface area contributed by atoms with Crippen molar-refractivity contribution in [2.75, 3.05) is 0 Å². The molecule has 0 saturated heterocycles. The van der Waals surface area contributed by atoms with E-state index in [2.05, 4.69) is 58.9 Å². The highest BCUT2D eigenvalue weighted by Crippen LogP contribution is 2.23. The predicted molar refractivity (Wildman–Crippen MR) is 116 cm³/mol. The van der Waals surface area contributed by atoms with Crippen molar-refractivity contribution >= 4 is 40.4 Å². The molecular weight excluding hydrogens is 377 g/mol. The molecule has 0 atom stereocenters. The minimum absolute atomic E-state index is 0.190. The highest BCUT2D eigenvalue weighted by Gasteiger charge is 2.50. The van der Waals surface area contributed by atoms with Crippen molar-refractivity contribution in [2.45, 2.75) is 40.0 Å². The van der Waals surface area contributed by atoms with Crippen LogP contribution in [0.15, 0.2) is 66.2 Å². The molecule has 0 aliphatic rings. The van der Waals surface area contributed by atoms with Crippen molar-refractivity contribution in [1.82, 2.24) is 0 Å². The van der Waals surface area contributed by atoms with Crippen molar-refractivity contribution in [2.24, 2.45) is 0 Å². The van der Waals surface area contributed by atoms with E-state index in [1.54, 1.807) is 0 Å². The lowest BCUT2D eigenvalue weighted by Gasteiger charge is -2.39. The fourth-order valence-electron chi connectivity index (χ4n) is 1.88. The second kappa shape index (κ2) is 9.22. The zero-order chi connectivity index (χ0) is 19.1. The van der Waals surface area contributed by atoms with Crippen molar-refractivity contribution in [3.8, 4) is 0 Å². The zero-order valence-corrected chi connectivity index (χ0v) is 20.3. The van der Waals surface area contributed by atoms with E-state index >= 15 is 0 Å². The van der Waals surface area contributed by atoms with E-state index in [0.29, 0.717) is 0 Å². The quantitative estimate of drug-likeness (QED) is 0.543. The fourth-order valence-corrected chi connectivity index (χ4v) is 12.8. The van der Waals surface area contributed by atoms with Crippen molar-refractivity contribution in [1.29, 1.82) is 0 Å². The van der Waals surface area contributed by atoms with Crippen LogP contribution in [0.1, 0.15) is 13.8 Å². The van der Waals surface area contributed by atoms with E-state index in [1.165, 1.54) is 5.57 Å². The molecule has 0 spiro atoms. The van der Waals surface area contributed by atoms with Gasteiger partial charge in [-0.05, 0) is 40.0 Å². The van der Waals surface area contributed by atoms with Gasteiger partial charge >= 0.3 is 8.80 Å². The van der Waals surface area contributed by atoms with Gasteiger partial charge in [0, 0.05) is 5.19 Å². The van der Waals surface area contributed by atoms with E-state index < -0.39 is 25.4 Å². The first-order valence-corrected chi connectivity index (χ1v) is 17.0. The van der Waals surface area contributed by atoms with Crippen molar-refractivity contribution < 1.29 is 12.3 Å². The lowest BCUT2D eigenvalue weighted by molar-refractivity contribution is 0.286. The van der Waals surface area contributed by atoms with Crippen LogP contribution in [0.5, 0.6) is 0 Å². The lowest BCUT2D eigenvalue weighted by Crippen LogP contribution is -2.65. The van der Waals surface area contributed by atoms with Gasteiger partial charge in [-0.2, -0.15) is 0 Å². The first-order valence-electron chi connectivity index (χ1n) is 8.36. The molecule has 1 aromatic rings. The molecule has 2 radical (unpaired) electrons. The Labute approximate surface area is 159 Å². The van der Waals surface area contributed by atoms with Crippen LogP contribution in [-0.4, -0.2) is 35.2 Å². The van der Waals surface area contributed by atoms with Crippen LogP contribution in [0.4, 0.5) is 0 Å². The van der Waals surface area contributed by atoms with E-state index in [0.717, 1.165) is 5.19 Å². The molecule has 136 valence electrons. The average Bonchev–Trinajstić information content (AvgIpc) is 2.54. The molecular formula is C18H30O3Si4. The Balaban J connectivity index is 3.41. The van der Waals surface area contributed by atoms with E-state index in [-0.39, 0.29) is 9.76 Å². The van der Waals surface area contributed by atoms with Crippen LogP contribution in [0, 0.1) is 0 Å². The lowest BCUT2D eigenvalue weighted by atomic mass is 10.4. The Bertz CT molecular complexity index is 586. The molecule has 1 aromatic carbocycles. The van der Waals surface area contributed by atoms with Crippen LogP contribution in [0.3, 0.4) is 0 Å². The highest BCUT2D eigenvalue weighted by molar-refractivity contribution is 6.95. The third-order valence-corrected chi connectivity index (χ3v) is 15.1. The molecule has 0 heterocycles. The van der Waals surface area contributed by atoms with Crippen LogP contribution in [0.25, 0.3) is 0 Å². The molecule has 0 N–H and O–H groups in total. The summed E-state index contributed by atoms with van der Waals surface area (Å²) in [5, 5.41) is 0.995. The highest BCUT2D eigenvalue weighted by atomic mass is 28.5. The number of hydrogen-bond donors (Lipinski definition) is 0. The summed E-state index contributed by atoms with van der Waals surface area (Å²) < 4.78 is 19.7. The third kappa shape index (κ3) is 7.14. The molecule has 0 aliphatic carbocycles. The van der Waals surface area contributed by atoms with Gasteiger partial charge in [0.05, 0.1) is 0 Å². The van der Waals surface area contributed by atoms with E-state index in [1.807, 2.05) is 41.7 Å². The Morgan fingerprint density at radius 2 is 1.40 bits per heavy atom. The van der Waals surface area contributed by atoms with Crippen molar-refractivity contribution in [3.63, 3.8) is 0 Å². The molecule has 7 heteroatoms. The molecule has 0 amide bonds. The van der Waals surface area contributed by atoms with Gasteiger partial charge in [0.15, 0.2) is 0 Å². The number of benzene rings is 1. The van der Waals surface area contributed by atoms with E-state index in [4.69, 9.17) is 12.3 Å². The van der Waals surface area contributed by atoms with Gasteiger partial charge < -0.3 is 12.3 Å². The molecule has 0 aliphatic heterocycles. The average molecular weight is 407 g/mol. The summed E-state index contributed by atoms with van der Waals surface area (Å²) in [6, 6.07) is 10.1. The SMILES string of the molecule is C=C[Si](C)(C)O[Si](O[Si]C=C(C)C)(O[Si](C)(C)C=C)c1ccccc1. The minimum atomic E-state index is -3.10. The van der Waals surface area contributed by atoms with Crippen LogP contribution in [-0.2, 0) is 12.3 Å². The maximum absolute atomic E-state index is 6.66. The largest absolute Gasteiger partial charge is 0.506 e. The fraction of sp³-hybridized carbons (Fsp3) is 0.333. The van der Waals surface area contributed by atoms with Gasteiger partial charge in [0.2, 0.25) is 16.6 Å². The molecule has 3 nitrogen and oxygen atoms in total. The van der Waals surface area contributed by atoms with Gasteiger partial charge in [0.1, 0.15) is 0 Å². The van der Waals surface area contributed by atoms with Gasteiger partial charge in [0.25, 0.3) is 9.76 Å². The normalized spacial score (nSPS) is 12.6. The Morgan fingerprint density at radius 3 is 1.80 bits per heavy atom. The molecule has 0 bridgehead atoms. The molecule has 1 rings (SSSR count). The molecule has 0 unspecified atom stereocenters. The maximum Gasteiger partial charge on any atom is 0.506 e. The number of hydrogen-bond acceptors (Lipinski definition) is 3. The third-order valence-electron chi connectivity index (χ3n) is 3.45. The van der Waals surface area contributed by atoms with Crippen molar-refractivity contribution in [3.05, 3.63) is 66.2 Å². The minimum Gasteiger partial charge on any atom is -0.409 e. The molecule has 0 aromatic heterocycles. The standard InChI is InChI=1S/C18H30O3Si4/c1-9-23(5,6)20-25(19-22-16-17(3)4,21-24(7,8)10-2)18-14-12-11-13-15-18/h9-16H,1-2H2,3-8H3. The van der Waals surface area contributed by atoms with Gasteiger partial charge in [-0.3, -0.25) is 0 Å². The summed E-state index contributed by atoms with van der Waals surface area (Å²) >= 11 is 0. The summed E-state index contributed by atoms with van der Waals surface area (Å²) in [6.07, 6.45) is 0. The topological polar surface area (TPSA) is 27.7 Å². The molecule has 0 fully saturated rings. The monoisotopic (exact) mass is 406 g/mol. The molecule has 25 heavy (non-hydrogen) atoms. The van der Waals surface area contributed by atoms with Crippen LogP contribution < -0.4 is 5.19 Å². The summed E-state index contributed by atoms with van der Waals surface area (Å²) in [4.78, 5) is 0. The predicted octanol–water partition coefficient (Wildman–Crippen LogP) is 4.29. The second-order valence-corrected chi connectivity index (χ2v) is 19.1. The van der Waals surface area contributed by atoms with Gasteiger partial charge in [-0.15, -0.1) is 13.2 Å². The zero-order valence-electron chi connectivity index (χ0n) is 16.3. The second-order valence-electron chi connectivity index (χ2n) is 7.18. The summed E-state index contributed by atoms with van der Waals surface area (Å²) in [5.41, 5.74) is 7.16. The summed E-state index contributed by atoms with van der Waals surface area (Å²) in [7, 11) is -7.19. The summed E-state index contributed by atoms with van der Waals surface area (Å²) in [5.74, 6) is 0. The first kappa shape index (κ1) is 22.2.